The lowest BCUT2D eigenvalue weighted by Gasteiger charge is -2.26. The van der Waals surface area contributed by atoms with E-state index >= 15 is 0 Å². The van der Waals surface area contributed by atoms with Crippen molar-refractivity contribution in [2.24, 2.45) is 22.6 Å². The molecule has 0 aromatic heterocycles. The van der Waals surface area contributed by atoms with Crippen molar-refractivity contribution < 1.29 is 4.74 Å². The summed E-state index contributed by atoms with van der Waals surface area (Å²) < 4.78 is 5.36. The summed E-state index contributed by atoms with van der Waals surface area (Å²) in [7, 11) is 0. The van der Waals surface area contributed by atoms with Crippen molar-refractivity contribution in [3.05, 3.63) is 35.4 Å². The second-order valence-corrected chi connectivity index (χ2v) is 7.22. The highest BCUT2D eigenvalue weighted by atomic mass is 16.5. The third-order valence-corrected chi connectivity index (χ3v) is 5.73. The molecule has 4 rings (SSSR count). The van der Waals surface area contributed by atoms with Gasteiger partial charge in [-0.3, -0.25) is 9.89 Å². The molecule has 0 radical (unpaired) electrons. The highest BCUT2D eigenvalue weighted by Gasteiger charge is 2.54. The zero-order valence-electron chi connectivity index (χ0n) is 14.3. The Labute approximate surface area is 144 Å². The maximum absolute atomic E-state index is 6.02. The zero-order chi connectivity index (χ0) is 16.4. The molecule has 1 saturated heterocycles. The van der Waals surface area contributed by atoms with Crippen LogP contribution in [0, 0.1) is 11.8 Å². The number of hydrogen-bond donors (Lipinski definition) is 2. The first-order chi connectivity index (χ1) is 11.8. The van der Waals surface area contributed by atoms with E-state index in [1.54, 1.807) is 11.1 Å². The number of fused-ring (bicyclic) bond motifs is 3. The van der Waals surface area contributed by atoms with Crippen LogP contribution in [0.1, 0.15) is 23.5 Å². The summed E-state index contributed by atoms with van der Waals surface area (Å²) in [4.78, 5) is 7.02. The predicted molar refractivity (Wildman–Crippen MR) is 96.2 cm³/mol. The summed E-state index contributed by atoms with van der Waals surface area (Å²) in [6, 6.07) is 8.86. The van der Waals surface area contributed by atoms with Gasteiger partial charge >= 0.3 is 0 Å². The lowest BCUT2D eigenvalue weighted by Crippen LogP contribution is -2.39. The van der Waals surface area contributed by atoms with Gasteiger partial charge in [0.15, 0.2) is 5.96 Å². The van der Waals surface area contributed by atoms with Gasteiger partial charge in [0.2, 0.25) is 0 Å². The van der Waals surface area contributed by atoms with Crippen molar-refractivity contribution in [3.63, 3.8) is 0 Å². The van der Waals surface area contributed by atoms with E-state index in [1.807, 2.05) is 0 Å². The van der Waals surface area contributed by atoms with Crippen LogP contribution in [0.25, 0.3) is 0 Å². The molecule has 1 heterocycles. The van der Waals surface area contributed by atoms with Gasteiger partial charge in [0.1, 0.15) is 0 Å². The molecule has 24 heavy (non-hydrogen) atoms. The molecule has 1 saturated carbocycles. The van der Waals surface area contributed by atoms with E-state index in [2.05, 4.69) is 39.5 Å². The Morgan fingerprint density at radius 3 is 3.00 bits per heavy atom. The molecule has 2 aliphatic carbocycles. The summed E-state index contributed by atoms with van der Waals surface area (Å²) in [5, 5.41) is 3.26. The average molecular weight is 328 g/mol. The van der Waals surface area contributed by atoms with Crippen LogP contribution in [0.15, 0.2) is 29.3 Å². The van der Waals surface area contributed by atoms with Crippen molar-refractivity contribution in [3.8, 4) is 0 Å². The molecule has 0 bridgehead atoms. The number of benzene rings is 1. The molecule has 5 heteroatoms. The van der Waals surface area contributed by atoms with Gasteiger partial charge in [0, 0.05) is 26.2 Å². The first kappa shape index (κ1) is 15.9. The van der Waals surface area contributed by atoms with E-state index in [1.165, 1.54) is 6.42 Å². The fourth-order valence-corrected chi connectivity index (χ4v) is 4.34. The van der Waals surface area contributed by atoms with Gasteiger partial charge in [-0.25, -0.2) is 0 Å². The maximum atomic E-state index is 6.02. The van der Waals surface area contributed by atoms with Gasteiger partial charge in [-0.05, 0) is 48.3 Å². The molecule has 3 atom stereocenters. The van der Waals surface area contributed by atoms with E-state index in [0.717, 1.165) is 64.2 Å². The molecule has 130 valence electrons. The minimum atomic E-state index is 0.607. The van der Waals surface area contributed by atoms with Crippen LogP contribution in [0.5, 0.6) is 0 Å². The van der Waals surface area contributed by atoms with Crippen LogP contribution in [0.3, 0.4) is 0 Å². The summed E-state index contributed by atoms with van der Waals surface area (Å²) in [6.07, 6.45) is 2.33. The molecule has 1 aliphatic heterocycles. The molecule has 3 aliphatic rings. The molecule has 5 nitrogen and oxygen atoms in total. The van der Waals surface area contributed by atoms with Crippen molar-refractivity contribution in [2.45, 2.75) is 18.8 Å². The normalized spacial score (nSPS) is 29.2. The Morgan fingerprint density at radius 1 is 1.29 bits per heavy atom. The number of aliphatic imine (C=N–C) groups is 1. The second kappa shape index (κ2) is 7.11. The van der Waals surface area contributed by atoms with Crippen LogP contribution < -0.4 is 11.1 Å². The minimum absolute atomic E-state index is 0.607. The van der Waals surface area contributed by atoms with Gasteiger partial charge in [0.05, 0.1) is 13.2 Å². The van der Waals surface area contributed by atoms with Crippen molar-refractivity contribution in [2.75, 3.05) is 45.9 Å². The average Bonchev–Trinajstić information content (AvgIpc) is 3.16. The van der Waals surface area contributed by atoms with E-state index in [4.69, 9.17) is 10.5 Å². The van der Waals surface area contributed by atoms with Gasteiger partial charge in [-0.2, -0.15) is 0 Å². The topological polar surface area (TPSA) is 62.9 Å². The van der Waals surface area contributed by atoms with Crippen molar-refractivity contribution in [1.82, 2.24) is 10.2 Å². The summed E-state index contributed by atoms with van der Waals surface area (Å²) >= 11 is 0. The lowest BCUT2D eigenvalue weighted by atomic mass is 10.0. The number of hydrogen-bond acceptors (Lipinski definition) is 3. The number of rotatable bonds is 6. The Balaban J connectivity index is 1.15. The van der Waals surface area contributed by atoms with E-state index in [-0.39, 0.29) is 0 Å². The zero-order valence-corrected chi connectivity index (χ0v) is 14.3. The number of nitrogens with two attached hydrogens (primary N) is 1. The fourth-order valence-electron chi connectivity index (χ4n) is 4.34. The lowest BCUT2D eigenvalue weighted by molar-refractivity contribution is 0.0376. The standard InChI is InChI=1S/C19H28N4O/c20-19(21-6-3-7-23-8-10-24-11-9-23)22-13-17-16-12-14-4-1-2-5-15(14)18(16)17/h1-2,4-5,16-18H,3,6-13H2,(H3,20,21,22). The number of nitrogens with zero attached hydrogens (tertiary/aromatic N) is 2. The molecule has 2 fully saturated rings. The quantitative estimate of drug-likeness (QED) is 0.468. The van der Waals surface area contributed by atoms with Crippen LogP contribution in [-0.2, 0) is 11.2 Å². The van der Waals surface area contributed by atoms with Gasteiger partial charge in [-0.1, -0.05) is 24.3 Å². The Hall–Kier alpha value is -1.59. The largest absolute Gasteiger partial charge is 0.379 e. The first-order valence-corrected chi connectivity index (χ1v) is 9.24. The fraction of sp³-hybridized carbons (Fsp3) is 0.632. The van der Waals surface area contributed by atoms with E-state index in [0.29, 0.717) is 11.9 Å². The molecular formula is C19H28N4O. The Kier molecular flexibility index (Phi) is 4.72. The predicted octanol–water partition coefficient (Wildman–Crippen LogP) is 1.20. The smallest absolute Gasteiger partial charge is 0.188 e. The third kappa shape index (κ3) is 3.42. The second-order valence-electron chi connectivity index (χ2n) is 7.22. The van der Waals surface area contributed by atoms with Gasteiger partial charge in [0.25, 0.3) is 0 Å². The monoisotopic (exact) mass is 328 g/mol. The number of guanidine groups is 1. The molecule has 1 aromatic carbocycles. The maximum Gasteiger partial charge on any atom is 0.188 e. The molecule has 0 amide bonds. The molecule has 3 unspecified atom stereocenters. The third-order valence-electron chi connectivity index (χ3n) is 5.73. The molecule has 0 spiro atoms. The summed E-state index contributed by atoms with van der Waals surface area (Å²) in [5.41, 5.74) is 9.12. The van der Waals surface area contributed by atoms with Crippen LogP contribution >= 0.6 is 0 Å². The SMILES string of the molecule is NC(=NCC1C2Cc3ccccc3C12)NCCCN1CCOCC1. The highest BCUT2D eigenvalue weighted by Crippen LogP contribution is 2.61. The number of nitrogens with one attached hydrogen (secondary N) is 1. The molecule has 1 aromatic rings. The Bertz CT molecular complexity index is 597. The van der Waals surface area contributed by atoms with Gasteiger partial charge in [-0.15, -0.1) is 0 Å². The Morgan fingerprint density at radius 2 is 2.12 bits per heavy atom. The summed E-state index contributed by atoms with van der Waals surface area (Å²) in [5.74, 6) is 2.85. The highest BCUT2D eigenvalue weighted by molar-refractivity contribution is 5.77. The van der Waals surface area contributed by atoms with Crippen LogP contribution in [-0.4, -0.2) is 56.8 Å². The van der Waals surface area contributed by atoms with E-state index < -0.39 is 0 Å². The van der Waals surface area contributed by atoms with Crippen molar-refractivity contribution in [1.29, 1.82) is 0 Å². The summed E-state index contributed by atoms with van der Waals surface area (Å²) in [6.45, 7) is 6.70. The molecule has 3 N–H and O–H groups in total. The minimum Gasteiger partial charge on any atom is -0.379 e. The first-order valence-electron chi connectivity index (χ1n) is 9.24. The number of ether oxygens (including phenoxy) is 1. The molecular weight excluding hydrogens is 300 g/mol. The number of morpholine rings is 1. The van der Waals surface area contributed by atoms with Crippen molar-refractivity contribution >= 4 is 5.96 Å². The van der Waals surface area contributed by atoms with Crippen LogP contribution in [0.4, 0.5) is 0 Å². The van der Waals surface area contributed by atoms with E-state index in [9.17, 15) is 0 Å². The van der Waals surface area contributed by atoms with Crippen LogP contribution in [0.2, 0.25) is 0 Å². The van der Waals surface area contributed by atoms with Gasteiger partial charge < -0.3 is 15.8 Å².